The van der Waals surface area contributed by atoms with E-state index < -0.39 is 0 Å². The lowest BCUT2D eigenvalue weighted by molar-refractivity contribution is 0.118. The number of nitrogens with one attached hydrogen (secondary N) is 1. The Morgan fingerprint density at radius 2 is 1.94 bits per heavy atom. The van der Waals surface area contributed by atoms with Gasteiger partial charge in [-0.3, -0.25) is 4.90 Å². The maximum Gasteiger partial charge on any atom is 0.0221 e. The minimum Gasteiger partial charge on any atom is -0.313 e. The number of rotatable bonds is 6. The quantitative estimate of drug-likeness (QED) is 0.765. The first kappa shape index (κ1) is 15.0. The van der Waals surface area contributed by atoms with Gasteiger partial charge in [0.1, 0.15) is 0 Å². The van der Waals surface area contributed by atoms with Gasteiger partial charge in [0, 0.05) is 18.1 Å². The second-order valence-corrected chi connectivity index (χ2v) is 5.63. The molecule has 2 nitrogen and oxygen atoms in total. The monoisotopic (exact) mass is 240 g/mol. The summed E-state index contributed by atoms with van der Waals surface area (Å²) in [7, 11) is 0. The molecule has 102 valence electrons. The van der Waals surface area contributed by atoms with E-state index >= 15 is 0 Å². The Balaban J connectivity index is 2.53. The van der Waals surface area contributed by atoms with Crippen molar-refractivity contribution in [2.75, 3.05) is 13.1 Å². The molecule has 1 fully saturated rings. The van der Waals surface area contributed by atoms with E-state index in [0.29, 0.717) is 12.1 Å². The Bertz CT molecular complexity index is 193. The molecule has 0 bridgehead atoms. The van der Waals surface area contributed by atoms with Gasteiger partial charge in [-0.15, -0.1) is 0 Å². The summed E-state index contributed by atoms with van der Waals surface area (Å²) in [5.74, 6) is 0. The van der Waals surface area contributed by atoms with Crippen LogP contribution in [0.2, 0.25) is 0 Å². The highest BCUT2D eigenvalue weighted by Crippen LogP contribution is 2.22. The summed E-state index contributed by atoms with van der Waals surface area (Å²) < 4.78 is 0. The van der Waals surface area contributed by atoms with Gasteiger partial charge in [0.15, 0.2) is 0 Å². The summed E-state index contributed by atoms with van der Waals surface area (Å²) >= 11 is 0. The molecule has 0 aromatic rings. The molecule has 1 aliphatic heterocycles. The van der Waals surface area contributed by atoms with E-state index in [-0.39, 0.29) is 0 Å². The standard InChI is InChI=1S/C15H32N2/c1-5-11-16-13(3)14(4)17-12-9-7-8-10-15(17)6-2/h13-16H,5-12H2,1-4H3. The van der Waals surface area contributed by atoms with Crippen LogP contribution < -0.4 is 5.32 Å². The van der Waals surface area contributed by atoms with Crippen molar-refractivity contribution in [1.29, 1.82) is 0 Å². The van der Waals surface area contributed by atoms with Crippen molar-refractivity contribution in [2.45, 2.75) is 84.3 Å². The lowest BCUT2D eigenvalue weighted by atomic mass is 10.0. The minimum absolute atomic E-state index is 0.613. The van der Waals surface area contributed by atoms with Crippen molar-refractivity contribution < 1.29 is 0 Å². The summed E-state index contributed by atoms with van der Waals surface area (Å²) in [5.41, 5.74) is 0. The molecule has 0 radical (unpaired) electrons. The van der Waals surface area contributed by atoms with Gasteiger partial charge in [-0.25, -0.2) is 0 Å². The topological polar surface area (TPSA) is 15.3 Å². The van der Waals surface area contributed by atoms with Crippen molar-refractivity contribution in [2.24, 2.45) is 0 Å². The largest absolute Gasteiger partial charge is 0.313 e. The summed E-state index contributed by atoms with van der Waals surface area (Å²) in [5, 5.41) is 3.65. The van der Waals surface area contributed by atoms with Gasteiger partial charge in [-0.05, 0) is 52.6 Å². The molecule has 0 saturated carbocycles. The number of likely N-dealkylation sites (tertiary alicyclic amines) is 1. The van der Waals surface area contributed by atoms with Crippen LogP contribution in [0.1, 0.15) is 66.2 Å². The molecule has 2 heteroatoms. The molecule has 0 spiro atoms. The first-order valence-corrected chi connectivity index (χ1v) is 7.69. The van der Waals surface area contributed by atoms with Crippen LogP contribution in [-0.2, 0) is 0 Å². The van der Waals surface area contributed by atoms with E-state index in [1.807, 2.05) is 0 Å². The molecule has 1 heterocycles. The Kier molecular flexibility index (Phi) is 7.14. The predicted octanol–water partition coefficient (Wildman–Crippen LogP) is 3.42. The van der Waals surface area contributed by atoms with Crippen molar-refractivity contribution in [3.05, 3.63) is 0 Å². The third kappa shape index (κ3) is 4.59. The van der Waals surface area contributed by atoms with Crippen LogP contribution in [-0.4, -0.2) is 36.1 Å². The Labute approximate surface area is 108 Å². The molecule has 1 rings (SSSR count). The van der Waals surface area contributed by atoms with Gasteiger partial charge in [0.2, 0.25) is 0 Å². The van der Waals surface area contributed by atoms with E-state index in [1.165, 1.54) is 45.1 Å². The van der Waals surface area contributed by atoms with Gasteiger partial charge < -0.3 is 5.32 Å². The normalized spacial score (nSPS) is 26.5. The highest BCUT2D eigenvalue weighted by molar-refractivity contribution is 4.84. The van der Waals surface area contributed by atoms with Crippen LogP contribution in [0.4, 0.5) is 0 Å². The average molecular weight is 240 g/mol. The zero-order chi connectivity index (χ0) is 12.7. The highest BCUT2D eigenvalue weighted by atomic mass is 15.2. The average Bonchev–Trinajstić information content (AvgIpc) is 2.59. The van der Waals surface area contributed by atoms with Gasteiger partial charge >= 0.3 is 0 Å². The van der Waals surface area contributed by atoms with Crippen molar-refractivity contribution in [3.8, 4) is 0 Å². The summed E-state index contributed by atoms with van der Waals surface area (Å²) in [4.78, 5) is 2.76. The molecule has 0 aromatic heterocycles. The molecule has 0 aliphatic carbocycles. The smallest absolute Gasteiger partial charge is 0.0221 e. The van der Waals surface area contributed by atoms with Crippen LogP contribution in [0.25, 0.3) is 0 Å². The lowest BCUT2D eigenvalue weighted by Crippen LogP contribution is -2.51. The Morgan fingerprint density at radius 1 is 1.18 bits per heavy atom. The van der Waals surface area contributed by atoms with Gasteiger partial charge in [0.25, 0.3) is 0 Å². The summed E-state index contributed by atoms with van der Waals surface area (Å²) in [6, 6.07) is 2.10. The Morgan fingerprint density at radius 3 is 2.59 bits per heavy atom. The molecule has 1 saturated heterocycles. The van der Waals surface area contributed by atoms with E-state index in [9.17, 15) is 0 Å². The fraction of sp³-hybridized carbons (Fsp3) is 1.00. The molecule has 3 atom stereocenters. The molecule has 0 amide bonds. The number of nitrogens with zero attached hydrogens (tertiary/aromatic N) is 1. The summed E-state index contributed by atoms with van der Waals surface area (Å²) in [6.45, 7) is 11.8. The van der Waals surface area contributed by atoms with Crippen LogP contribution >= 0.6 is 0 Å². The fourth-order valence-electron chi connectivity index (χ4n) is 3.00. The first-order valence-electron chi connectivity index (χ1n) is 7.69. The van der Waals surface area contributed by atoms with E-state index in [2.05, 4.69) is 37.9 Å². The third-order valence-corrected chi connectivity index (χ3v) is 4.36. The van der Waals surface area contributed by atoms with Gasteiger partial charge in [-0.2, -0.15) is 0 Å². The maximum absolute atomic E-state index is 3.65. The predicted molar refractivity (Wildman–Crippen MR) is 76.5 cm³/mol. The molecule has 1 aliphatic rings. The minimum atomic E-state index is 0.613. The number of hydrogen-bond acceptors (Lipinski definition) is 2. The molecular weight excluding hydrogens is 208 g/mol. The van der Waals surface area contributed by atoms with Crippen LogP contribution in [0.15, 0.2) is 0 Å². The zero-order valence-corrected chi connectivity index (χ0v) is 12.3. The fourth-order valence-corrected chi connectivity index (χ4v) is 3.00. The molecule has 3 unspecified atom stereocenters. The number of hydrogen-bond donors (Lipinski definition) is 1. The molecule has 0 aromatic carbocycles. The second kappa shape index (κ2) is 8.10. The maximum atomic E-state index is 3.65. The molecule has 1 N–H and O–H groups in total. The van der Waals surface area contributed by atoms with Gasteiger partial charge in [0.05, 0.1) is 0 Å². The summed E-state index contributed by atoms with van der Waals surface area (Å²) in [6.07, 6.45) is 8.19. The first-order chi connectivity index (χ1) is 8.20. The van der Waals surface area contributed by atoms with Crippen LogP contribution in [0.3, 0.4) is 0 Å². The second-order valence-electron chi connectivity index (χ2n) is 5.63. The van der Waals surface area contributed by atoms with Crippen molar-refractivity contribution in [3.63, 3.8) is 0 Å². The van der Waals surface area contributed by atoms with Crippen molar-refractivity contribution in [1.82, 2.24) is 10.2 Å². The van der Waals surface area contributed by atoms with E-state index in [1.54, 1.807) is 0 Å². The van der Waals surface area contributed by atoms with Crippen molar-refractivity contribution >= 4 is 0 Å². The van der Waals surface area contributed by atoms with E-state index in [0.717, 1.165) is 12.6 Å². The van der Waals surface area contributed by atoms with Gasteiger partial charge in [-0.1, -0.05) is 26.7 Å². The molecular formula is C15H32N2. The SMILES string of the molecule is CCCNC(C)C(C)N1CCCCCC1CC. The lowest BCUT2D eigenvalue weighted by Gasteiger charge is -2.38. The Hall–Kier alpha value is -0.0800. The highest BCUT2D eigenvalue weighted by Gasteiger charge is 2.26. The van der Waals surface area contributed by atoms with E-state index in [4.69, 9.17) is 0 Å². The third-order valence-electron chi connectivity index (χ3n) is 4.36. The van der Waals surface area contributed by atoms with Crippen LogP contribution in [0.5, 0.6) is 0 Å². The molecule has 17 heavy (non-hydrogen) atoms. The zero-order valence-electron chi connectivity index (χ0n) is 12.3. The van der Waals surface area contributed by atoms with Crippen LogP contribution in [0, 0.1) is 0 Å².